The zero-order valence-electron chi connectivity index (χ0n) is 17.6. The lowest BCUT2D eigenvalue weighted by atomic mass is 9.88. The standard InChI is InChI=1S/C24H26N2O2S2/c1-5-28-19-10-8-18(9-11-19)25-23(29)21(22(27)20-7-6-16-30-20)26-14-12-17(13-15-26)24(2,3)4/h6-16H,5H2,1-4H3,(H-,25,27,29). The van der Waals surface area contributed by atoms with Gasteiger partial charge in [-0.15, -0.1) is 11.3 Å². The maximum absolute atomic E-state index is 13.3. The molecule has 0 saturated carbocycles. The zero-order chi connectivity index (χ0) is 21.7. The first kappa shape index (κ1) is 22.0. The summed E-state index contributed by atoms with van der Waals surface area (Å²) < 4.78 is 7.28. The number of nitrogens with zero attached hydrogens (tertiary/aromatic N) is 1. The third-order valence-electron chi connectivity index (χ3n) is 4.55. The predicted octanol–water partition coefficient (Wildman–Crippen LogP) is 4.86. The van der Waals surface area contributed by atoms with Crippen molar-refractivity contribution in [2.24, 2.45) is 0 Å². The van der Waals surface area contributed by atoms with Gasteiger partial charge in [0.1, 0.15) is 5.75 Å². The Bertz CT molecular complexity index is 1020. The molecule has 0 saturated heterocycles. The van der Waals surface area contributed by atoms with Crippen molar-refractivity contribution in [1.82, 2.24) is 0 Å². The van der Waals surface area contributed by atoms with Gasteiger partial charge >= 0.3 is 0 Å². The Hall–Kier alpha value is -2.70. The van der Waals surface area contributed by atoms with Gasteiger partial charge in [0.2, 0.25) is 5.70 Å². The smallest absolute Gasteiger partial charge is 0.239 e. The minimum atomic E-state index is -0.109. The maximum Gasteiger partial charge on any atom is 0.239 e. The summed E-state index contributed by atoms with van der Waals surface area (Å²) in [5.41, 5.74) is 2.43. The summed E-state index contributed by atoms with van der Waals surface area (Å²) in [7, 11) is 0. The van der Waals surface area contributed by atoms with Crippen molar-refractivity contribution in [3.63, 3.8) is 0 Å². The second-order valence-electron chi connectivity index (χ2n) is 7.81. The number of benzene rings is 1. The van der Waals surface area contributed by atoms with Crippen molar-refractivity contribution in [1.29, 1.82) is 0 Å². The van der Waals surface area contributed by atoms with Crippen LogP contribution in [0.5, 0.6) is 5.75 Å². The van der Waals surface area contributed by atoms with Crippen LogP contribution in [0, 0.1) is 0 Å². The first-order valence-corrected chi connectivity index (χ1v) is 11.1. The van der Waals surface area contributed by atoms with Crippen LogP contribution in [0.2, 0.25) is 0 Å². The van der Waals surface area contributed by atoms with Gasteiger partial charge in [-0.05, 0) is 59.4 Å². The van der Waals surface area contributed by atoms with E-state index in [-0.39, 0.29) is 11.2 Å². The number of hydrogen-bond donors (Lipinski definition) is 1. The molecule has 30 heavy (non-hydrogen) atoms. The minimum Gasteiger partial charge on any atom is -0.867 e. The van der Waals surface area contributed by atoms with Crippen LogP contribution >= 0.6 is 23.6 Å². The Morgan fingerprint density at radius 2 is 1.77 bits per heavy atom. The summed E-state index contributed by atoms with van der Waals surface area (Å²) in [6, 6.07) is 15.3. The fourth-order valence-corrected chi connectivity index (χ4v) is 3.91. The molecule has 0 unspecified atom stereocenters. The SMILES string of the molecule is CCOc1ccc(NC(=S)C(=C([O-])c2cccs2)[n+]2ccc(C(C)(C)C)cc2)cc1. The monoisotopic (exact) mass is 438 g/mol. The summed E-state index contributed by atoms with van der Waals surface area (Å²) in [5.74, 6) is 0.682. The first-order chi connectivity index (χ1) is 14.3. The van der Waals surface area contributed by atoms with Gasteiger partial charge in [-0.2, -0.15) is 4.57 Å². The Labute approximate surface area is 187 Å². The molecule has 2 aromatic heterocycles. The average molecular weight is 439 g/mol. The van der Waals surface area contributed by atoms with E-state index in [4.69, 9.17) is 17.0 Å². The van der Waals surface area contributed by atoms with Crippen molar-refractivity contribution in [2.75, 3.05) is 11.9 Å². The number of thiocarbonyl (C=S) groups is 1. The molecule has 0 atom stereocenters. The molecule has 0 aliphatic carbocycles. The van der Waals surface area contributed by atoms with Crippen molar-refractivity contribution in [3.05, 3.63) is 76.7 Å². The maximum atomic E-state index is 13.3. The van der Waals surface area contributed by atoms with Gasteiger partial charge in [0.05, 0.1) is 6.61 Å². The van der Waals surface area contributed by atoms with Gasteiger partial charge in [-0.25, -0.2) is 0 Å². The van der Waals surface area contributed by atoms with Crippen LogP contribution in [0.25, 0.3) is 11.5 Å². The molecule has 1 aromatic carbocycles. The van der Waals surface area contributed by atoms with Crippen LogP contribution in [0.4, 0.5) is 5.69 Å². The second-order valence-corrected chi connectivity index (χ2v) is 9.17. The highest BCUT2D eigenvalue weighted by atomic mass is 32.1. The summed E-state index contributed by atoms with van der Waals surface area (Å²) >= 11 is 7.07. The van der Waals surface area contributed by atoms with E-state index in [1.54, 1.807) is 4.57 Å². The van der Waals surface area contributed by atoms with Crippen LogP contribution in [0.3, 0.4) is 0 Å². The van der Waals surface area contributed by atoms with Crippen molar-refractivity contribution in [3.8, 4) is 5.75 Å². The molecule has 3 rings (SSSR count). The Kier molecular flexibility index (Phi) is 6.90. The fraction of sp³-hybridized carbons (Fsp3) is 0.250. The second kappa shape index (κ2) is 9.41. The van der Waals surface area contributed by atoms with Gasteiger partial charge in [0.25, 0.3) is 0 Å². The summed E-state index contributed by atoms with van der Waals surface area (Å²) in [5, 5.41) is 18.4. The van der Waals surface area contributed by atoms with Crippen molar-refractivity contribution in [2.45, 2.75) is 33.1 Å². The van der Waals surface area contributed by atoms with E-state index in [1.165, 1.54) is 16.9 Å². The molecule has 4 nitrogen and oxygen atoms in total. The molecular formula is C24H26N2O2S2. The molecule has 0 fully saturated rings. The van der Waals surface area contributed by atoms with E-state index < -0.39 is 0 Å². The van der Waals surface area contributed by atoms with Crippen LogP contribution < -0.4 is 19.7 Å². The number of thiophene rings is 1. The Balaban J connectivity index is 1.96. The molecule has 156 valence electrons. The molecule has 0 spiro atoms. The van der Waals surface area contributed by atoms with Crippen LogP contribution in [0.1, 0.15) is 38.1 Å². The van der Waals surface area contributed by atoms with Crippen LogP contribution in [0.15, 0.2) is 66.3 Å². The number of pyridine rings is 1. The lowest BCUT2D eigenvalue weighted by molar-refractivity contribution is -0.577. The molecule has 2 heterocycles. The quantitative estimate of drug-likeness (QED) is 0.258. The number of aromatic nitrogens is 1. The highest BCUT2D eigenvalue weighted by Gasteiger charge is 2.21. The molecule has 0 aliphatic rings. The molecule has 0 radical (unpaired) electrons. The van der Waals surface area contributed by atoms with Gasteiger partial charge < -0.3 is 15.2 Å². The molecular weight excluding hydrogens is 412 g/mol. The molecule has 0 amide bonds. The van der Waals surface area contributed by atoms with E-state index >= 15 is 0 Å². The predicted molar refractivity (Wildman–Crippen MR) is 127 cm³/mol. The normalized spacial score (nSPS) is 12.3. The lowest BCUT2D eigenvalue weighted by Crippen LogP contribution is -2.40. The molecule has 0 aliphatic heterocycles. The first-order valence-electron chi connectivity index (χ1n) is 9.81. The fourth-order valence-electron chi connectivity index (χ4n) is 2.93. The van der Waals surface area contributed by atoms with E-state index in [0.717, 1.165) is 11.4 Å². The average Bonchev–Trinajstić information content (AvgIpc) is 3.24. The third kappa shape index (κ3) is 5.26. The van der Waals surface area contributed by atoms with Crippen molar-refractivity contribution >= 4 is 45.7 Å². The van der Waals surface area contributed by atoms with Crippen LogP contribution in [-0.2, 0) is 5.41 Å². The highest BCUT2D eigenvalue weighted by Crippen LogP contribution is 2.23. The number of hydrogen-bond acceptors (Lipinski definition) is 4. The van der Waals surface area contributed by atoms with Gasteiger partial charge in [-0.3, -0.25) is 0 Å². The minimum absolute atomic E-state index is 0.0259. The summed E-state index contributed by atoms with van der Waals surface area (Å²) in [6.45, 7) is 9.03. The zero-order valence-corrected chi connectivity index (χ0v) is 19.3. The summed E-state index contributed by atoms with van der Waals surface area (Å²) in [4.78, 5) is 1.01. The number of rotatable bonds is 6. The largest absolute Gasteiger partial charge is 0.867 e. The Morgan fingerprint density at radius 3 is 2.30 bits per heavy atom. The lowest BCUT2D eigenvalue weighted by Gasteiger charge is -2.19. The molecule has 0 bridgehead atoms. The topological polar surface area (TPSA) is 48.2 Å². The van der Waals surface area contributed by atoms with E-state index in [2.05, 4.69) is 26.1 Å². The van der Waals surface area contributed by atoms with Crippen molar-refractivity contribution < 1.29 is 14.4 Å². The number of ether oxygens (including phenoxy) is 1. The number of nitrogens with one attached hydrogen (secondary N) is 1. The molecule has 3 aromatic rings. The Morgan fingerprint density at radius 1 is 1.10 bits per heavy atom. The summed E-state index contributed by atoms with van der Waals surface area (Å²) in [6.07, 6.45) is 3.79. The number of anilines is 1. The molecule has 6 heteroatoms. The van der Waals surface area contributed by atoms with E-state index in [1.807, 2.05) is 73.2 Å². The third-order valence-corrected chi connectivity index (χ3v) is 5.72. The highest BCUT2D eigenvalue weighted by molar-refractivity contribution is 7.81. The van der Waals surface area contributed by atoms with E-state index in [0.29, 0.717) is 22.2 Å². The van der Waals surface area contributed by atoms with Crippen LogP contribution in [-0.4, -0.2) is 11.6 Å². The van der Waals surface area contributed by atoms with Gasteiger partial charge in [-0.1, -0.05) is 39.1 Å². The van der Waals surface area contributed by atoms with Gasteiger partial charge in [0, 0.05) is 22.7 Å². The van der Waals surface area contributed by atoms with Gasteiger partial charge in [0.15, 0.2) is 17.4 Å². The molecule has 1 N–H and O–H groups in total. The van der Waals surface area contributed by atoms with E-state index in [9.17, 15) is 5.11 Å².